The van der Waals surface area contributed by atoms with Crippen molar-refractivity contribution in [3.63, 3.8) is 0 Å². The van der Waals surface area contributed by atoms with E-state index in [1.165, 1.54) is 35.6 Å². The Morgan fingerprint density at radius 2 is 1.87 bits per heavy atom. The summed E-state index contributed by atoms with van der Waals surface area (Å²) in [5, 5.41) is 2.58. The summed E-state index contributed by atoms with van der Waals surface area (Å²) >= 11 is 0. The first kappa shape index (κ1) is 25.6. The second kappa shape index (κ2) is 11.5. The Labute approximate surface area is 222 Å². The summed E-state index contributed by atoms with van der Waals surface area (Å²) in [6.07, 6.45) is 2.87. The predicted molar refractivity (Wildman–Crippen MR) is 148 cm³/mol. The third-order valence-corrected chi connectivity index (χ3v) is 7.12. The quantitative estimate of drug-likeness (QED) is 0.218. The fraction of sp³-hybridized carbons (Fsp3) is 0.281. The Morgan fingerprint density at radius 3 is 2.74 bits per heavy atom. The maximum Gasteiger partial charge on any atom is 0.343 e. The number of methoxy groups -OCH3 is 1. The van der Waals surface area contributed by atoms with E-state index >= 15 is 0 Å². The Kier molecular flexibility index (Phi) is 7.78. The SMILES string of the molecule is COC(=O)COc1cccc(N2CC(CCC[C@H](C)c3cccc4ccccc34)Oc3ccc(F)cc32)c1. The molecule has 0 saturated carbocycles. The zero-order valence-electron chi connectivity index (χ0n) is 21.7. The van der Waals surface area contributed by atoms with Gasteiger partial charge in [0.05, 0.1) is 19.3 Å². The van der Waals surface area contributed by atoms with Crippen LogP contribution in [0.5, 0.6) is 11.5 Å². The lowest BCUT2D eigenvalue weighted by molar-refractivity contribution is -0.142. The lowest BCUT2D eigenvalue weighted by Crippen LogP contribution is -2.37. The molecule has 1 aliphatic heterocycles. The molecule has 1 heterocycles. The number of carbonyl (C=O) groups is 1. The second-order valence-corrected chi connectivity index (χ2v) is 9.73. The van der Waals surface area contributed by atoms with Crippen LogP contribution < -0.4 is 14.4 Å². The summed E-state index contributed by atoms with van der Waals surface area (Å²) in [6, 6.07) is 27.1. The van der Waals surface area contributed by atoms with Crippen LogP contribution in [-0.4, -0.2) is 32.3 Å². The van der Waals surface area contributed by atoms with Gasteiger partial charge in [-0.05, 0) is 65.8 Å². The van der Waals surface area contributed by atoms with Crippen LogP contribution in [0, 0.1) is 5.82 Å². The molecule has 5 rings (SSSR count). The summed E-state index contributed by atoms with van der Waals surface area (Å²) in [4.78, 5) is 13.6. The molecule has 4 aromatic rings. The standard InChI is InChI=1S/C32H32FNO4/c1-22(28-15-6-10-23-9-3-4-14-29(23)28)8-5-13-27-20-34(30-18-24(33)16-17-31(30)38-27)25-11-7-12-26(19-25)37-21-32(35)36-2/h3-4,6-7,9-12,14-19,22,27H,5,8,13,20-21H2,1-2H3/t22-,27?/m0/s1. The molecule has 0 bridgehead atoms. The minimum atomic E-state index is -0.452. The number of ether oxygens (including phenoxy) is 3. The van der Waals surface area contributed by atoms with Crippen molar-refractivity contribution in [2.45, 2.75) is 38.2 Å². The third-order valence-electron chi connectivity index (χ3n) is 7.12. The highest BCUT2D eigenvalue weighted by Gasteiger charge is 2.27. The van der Waals surface area contributed by atoms with E-state index in [1.54, 1.807) is 12.1 Å². The predicted octanol–water partition coefficient (Wildman–Crippen LogP) is 7.40. The van der Waals surface area contributed by atoms with E-state index in [4.69, 9.17) is 9.47 Å². The maximum absolute atomic E-state index is 14.2. The highest BCUT2D eigenvalue weighted by molar-refractivity contribution is 5.86. The average Bonchev–Trinajstić information content (AvgIpc) is 2.95. The first-order chi connectivity index (χ1) is 18.5. The summed E-state index contributed by atoms with van der Waals surface area (Å²) in [5.74, 6) is 0.846. The normalized spacial score (nSPS) is 15.4. The highest BCUT2D eigenvalue weighted by Crippen LogP contribution is 2.40. The van der Waals surface area contributed by atoms with E-state index in [1.807, 2.05) is 18.2 Å². The number of halogens is 1. The first-order valence-corrected chi connectivity index (χ1v) is 13.0. The number of esters is 1. The Balaban J connectivity index is 1.29. The van der Waals surface area contributed by atoms with Crippen molar-refractivity contribution in [3.05, 3.63) is 96.3 Å². The molecule has 0 saturated heterocycles. The average molecular weight is 514 g/mol. The summed E-state index contributed by atoms with van der Waals surface area (Å²) < 4.78 is 30.8. The molecule has 0 fully saturated rings. The largest absolute Gasteiger partial charge is 0.486 e. The van der Waals surface area contributed by atoms with Gasteiger partial charge in [-0.25, -0.2) is 9.18 Å². The third kappa shape index (κ3) is 5.75. The van der Waals surface area contributed by atoms with Crippen molar-refractivity contribution in [2.24, 2.45) is 0 Å². The van der Waals surface area contributed by atoms with Gasteiger partial charge in [-0.1, -0.05) is 55.5 Å². The fourth-order valence-corrected chi connectivity index (χ4v) is 5.14. The first-order valence-electron chi connectivity index (χ1n) is 13.0. The van der Waals surface area contributed by atoms with Crippen molar-refractivity contribution >= 4 is 28.1 Å². The van der Waals surface area contributed by atoms with E-state index < -0.39 is 5.97 Å². The molecule has 38 heavy (non-hydrogen) atoms. The van der Waals surface area contributed by atoms with E-state index in [2.05, 4.69) is 59.0 Å². The number of carbonyl (C=O) groups excluding carboxylic acids is 1. The molecule has 5 nitrogen and oxygen atoms in total. The number of rotatable bonds is 9. The van der Waals surface area contributed by atoms with Crippen LogP contribution in [0.25, 0.3) is 10.8 Å². The van der Waals surface area contributed by atoms with Gasteiger partial charge in [0.2, 0.25) is 0 Å². The molecule has 0 radical (unpaired) electrons. The van der Waals surface area contributed by atoms with E-state index in [0.29, 0.717) is 29.6 Å². The fourth-order valence-electron chi connectivity index (χ4n) is 5.14. The van der Waals surface area contributed by atoms with Crippen molar-refractivity contribution in [1.29, 1.82) is 0 Å². The molecule has 0 spiro atoms. The lowest BCUT2D eigenvalue weighted by Gasteiger charge is -2.36. The Morgan fingerprint density at radius 1 is 1.05 bits per heavy atom. The van der Waals surface area contributed by atoms with Crippen molar-refractivity contribution in [2.75, 3.05) is 25.2 Å². The van der Waals surface area contributed by atoms with Gasteiger partial charge in [0, 0.05) is 17.8 Å². The van der Waals surface area contributed by atoms with Gasteiger partial charge in [0.15, 0.2) is 6.61 Å². The zero-order valence-corrected chi connectivity index (χ0v) is 21.7. The van der Waals surface area contributed by atoms with Crippen LogP contribution >= 0.6 is 0 Å². The molecule has 196 valence electrons. The summed E-state index contributed by atoms with van der Waals surface area (Å²) in [7, 11) is 1.32. The van der Waals surface area contributed by atoms with Crippen molar-refractivity contribution in [3.8, 4) is 11.5 Å². The van der Waals surface area contributed by atoms with Gasteiger partial charge >= 0.3 is 5.97 Å². The molecule has 0 aliphatic carbocycles. The lowest BCUT2D eigenvalue weighted by atomic mass is 9.90. The maximum atomic E-state index is 14.2. The van der Waals surface area contributed by atoms with Gasteiger partial charge in [-0.3, -0.25) is 0 Å². The van der Waals surface area contributed by atoms with Crippen LogP contribution in [0.3, 0.4) is 0 Å². The molecule has 0 N–H and O–H groups in total. The van der Waals surface area contributed by atoms with Gasteiger partial charge < -0.3 is 19.1 Å². The number of benzene rings is 4. The molecule has 2 atom stereocenters. The second-order valence-electron chi connectivity index (χ2n) is 9.73. The van der Waals surface area contributed by atoms with Crippen LogP contribution in [-0.2, 0) is 9.53 Å². The van der Waals surface area contributed by atoms with Crippen LogP contribution in [0.1, 0.15) is 37.7 Å². The molecular formula is C32H32FNO4. The summed E-state index contributed by atoms with van der Waals surface area (Å²) in [6.45, 7) is 2.69. The smallest absolute Gasteiger partial charge is 0.343 e. The molecule has 6 heteroatoms. The Bertz CT molecular complexity index is 1420. The monoisotopic (exact) mass is 513 g/mol. The van der Waals surface area contributed by atoms with Crippen LogP contribution in [0.2, 0.25) is 0 Å². The van der Waals surface area contributed by atoms with E-state index in [0.717, 1.165) is 24.9 Å². The summed E-state index contributed by atoms with van der Waals surface area (Å²) in [5.41, 5.74) is 2.89. The highest BCUT2D eigenvalue weighted by atomic mass is 19.1. The van der Waals surface area contributed by atoms with E-state index in [-0.39, 0.29) is 18.5 Å². The number of hydrogen-bond acceptors (Lipinski definition) is 5. The molecule has 1 unspecified atom stereocenters. The zero-order chi connectivity index (χ0) is 26.5. The molecule has 1 aliphatic rings. The minimum absolute atomic E-state index is 0.0488. The van der Waals surface area contributed by atoms with Crippen LogP contribution in [0.4, 0.5) is 15.8 Å². The van der Waals surface area contributed by atoms with Crippen molar-refractivity contribution < 1.29 is 23.4 Å². The topological polar surface area (TPSA) is 48.0 Å². The molecular weight excluding hydrogens is 481 g/mol. The van der Waals surface area contributed by atoms with E-state index in [9.17, 15) is 9.18 Å². The van der Waals surface area contributed by atoms with Crippen molar-refractivity contribution in [1.82, 2.24) is 0 Å². The van der Waals surface area contributed by atoms with Gasteiger partial charge in [-0.2, -0.15) is 0 Å². The number of hydrogen-bond donors (Lipinski definition) is 0. The van der Waals surface area contributed by atoms with Gasteiger partial charge in [0.1, 0.15) is 23.4 Å². The minimum Gasteiger partial charge on any atom is -0.486 e. The van der Waals surface area contributed by atoms with Gasteiger partial charge in [0.25, 0.3) is 0 Å². The molecule has 0 amide bonds. The Hall–Kier alpha value is -4.06. The molecule has 0 aromatic heterocycles. The number of anilines is 2. The molecule has 4 aromatic carbocycles. The number of nitrogens with zero attached hydrogens (tertiary/aromatic N) is 1. The number of fused-ring (bicyclic) bond motifs is 2. The van der Waals surface area contributed by atoms with Crippen LogP contribution in [0.15, 0.2) is 84.9 Å². The van der Waals surface area contributed by atoms with Gasteiger partial charge in [-0.15, -0.1) is 0 Å².